The maximum atomic E-state index is 13.1. The molecule has 3 aliphatic rings. The lowest BCUT2D eigenvalue weighted by Crippen LogP contribution is -2.47. The minimum Gasteiger partial charge on any atom is -0.335 e. The van der Waals surface area contributed by atoms with Gasteiger partial charge in [-0.3, -0.25) is 14.8 Å². The second-order valence-corrected chi connectivity index (χ2v) is 10.3. The molecule has 8 heteroatoms. The molecule has 3 atom stereocenters. The van der Waals surface area contributed by atoms with Crippen LogP contribution in [0.25, 0.3) is 22.7 Å². The number of rotatable bonds is 4. The molecule has 32 heavy (non-hydrogen) atoms. The third-order valence-electron chi connectivity index (χ3n) is 8.08. The Balaban J connectivity index is 1.25. The lowest BCUT2D eigenvalue weighted by atomic mass is 9.88. The van der Waals surface area contributed by atoms with Crippen LogP contribution < -0.4 is 4.90 Å². The van der Waals surface area contributed by atoms with Gasteiger partial charge in [0.2, 0.25) is 5.91 Å². The van der Waals surface area contributed by atoms with E-state index in [9.17, 15) is 4.79 Å². The zero-order valence-corrected chi connectivity index (χ0v) is 19.1. The fourth-order valence-corrected chi connectivity index (χ4v) is 5.71. The SMILES string of the molecule is C[C@@H](C(=O)N(C)c1cnc2nc(-c3n[nH]c4c3C[C@@H]3C[C@]3(C)C4)[nH]c2c1)N1CCCCC1. The number of likely N-dealkylation sites (N-methyl/N-ethyl adjacent to an activating group) is 1. The molecule has 3 aromatic heterocycles. The van der Waals surface area contributed by atoms with Gasteiger partial charge < -0.3 is 9.88 Å². The van der Waals surface area contributed by atoms with Crippen molar-refractivity contribution in [2.75, 3.05) is 25.0 Å². The molecule has 3 aromatic rings. The second-order valence-electron chi connectivity index (χ2n) is 10.3. The zero-order chi connectivity index (χ0) is 22.0. The van der Waals surface area contributed by atoms with Crippen LogP contribution in [0.1, 0.15) is 50.8 Å². The zero-order valence-electron chi connectivity index (χ0n) is 19.1. The van der Waals surface area contributed by atoms with Crippen molar-refractivity contribution in [3.8, 4) is 11.5 Å². The molecule has 2 aliphatic carbocycles. The highest BCUT2D eigenvalue weighted by Crippen LogP contribution is 2.59. The number of fused-ring (bicyclic) bond motifs is 3. The molecule has 0 bridgehead atoms. The molecule has 2 fully saturated rings. The van der Waals surface area contributed by atoms with Gasteiger partial charge in [-0.1, -0.05) is 13.3 Å². The number of anilines is 1. The Labute approximate surface area is 187 Å². The van der Waals surface area contributed by atoms with Crippen LogP contribution in [-0.4, -0.2) is 62.1 Å². The summed E-state index contributed by atoms with van der Waals surface area (Å²) >= 11 is 0. The average Bonchev–Trinajstić information content (AvgIpc) is 3.11. The number of aromatic amines is 2. The van der Waals surface area contributed by atoms with E-state index >= 15 is 0 Å². The standard InChI is InChI=1S/C24H31N7O/c1-14(31-7-5-4-6-8-31)23(32)30(3)16-10-18-21(25-13-16)27-22(26-18)20-17-9-15-11-24(15,2)12-19(17)28-29-20/h10,13-15H,4-9,11-12H2,1-3H3,(H,28,29)(H,25,26,27)/t14-,15+,24+/m0/s1. The van der Waals surface area contributed by atoms with Crippen LogP contribution in [-0.2, 0) is 17.6 Å². The Bertz CT molecular complexity index is 1190. The van der Waals surface area contributed by atoms with Crippen molar-refractivity contribution < 1.29 is 4.79 Å². The number of carbonyl (C=O) groups excluding carboxylic acids is 1. The molecular weight excluding hydrogens is 402 g/mol. The first-order chi connectivity index (χ1) is 15.4. The lowest BCUT2D eigenvalue weighted by Gasteiger charge is -2.33. The molecule has 0 spiro atoms. The first-order valence-electron chi connectivity index (χ1n) is 11.9. The molecular formula is C24H31N7O. The predicted molar refractivity (Wildman–Crippen MR) is 123 cm³/mol. The van der Waals surface area contributed by atoms with Gasteiger partial charge in [0.05, 0.1) is 23.4 Å². The molecule has 1 saturated carbocycles. The first kappa shape index (κ1) is 19.9. The minimum absolute atomic E-state index is 0.0987. The molecule has 0 aromatic carbocycles. The predicted octanol–water partition coefficient (Wildman–Crippen LogP) is 3.31. The molecule has 1 saturated heterocycles. The van der Waals surface area contributed by atoms with Crippen molar-refractivity contribution in [1.82, 2.24) is 30.0 Å². The lowest BCUT2D eigenvalue weighted by molar-refractivity contribution is -0.123. The molecule has 2 N–H and O–H groups in total. The van der Waals surface area contributed by atoms with Gasteiger partial charge in [-0.05, 0) is 69.5 Å². The highest BCUT2D eigenvalue weighted by atomic mass is 16.2. The van der Waals surface area contributed by atoms with Crippen molar-refractivity contribution in [2.24, 2.45) is 11.3 Å². The van der Waals surface area contributed by atoms with Crippen LogP contribution in [0.2, 0.25) is 0 Å². The Kier molecular flexibility index (Phi) is 4.44. The van der Waals surface area contributed by atoms with E-state index in [1.54, 1.807) is 11.1 Å². The molecule has 1 aliphatic heterocycles. The maximum Gasteiger partial charge on any atom is 0.243 e. The van der Waals surface area contributed by atoms with Gasteiger partial charge in [0.15, 0.2) is 11.5 Å². The van der Waals surface area contributed by atoms with Gasteiger partial charge in [0.25, 0.3) is 0 Å². The van der Waals surface area contributed by atoms with Gasteiger partial charge in [-0.15, -0.1) is 0 Å². The number of nitrogens with zero attached hydrogens (tertiary/aromatic N) is 5. The van der Waals surface area contributed by atoms with E-state index in [0.29, 0.717) is 11.1 Å². The Morgan fingerprint density at radius 1 is 1.31 bits per heavy atom. The minimum atomic E-state index is -0.128. The van der Waals surface area contributed by atoms with Crippen molar-refractivity contribution in [3.05, 3.63) is 23.5 Å². The summed E-state index contributed by atoms with van der Waals surface area (Å²) in [7, 11) is 1.83. The highest BCUT2D eigenvalue weighted by Gasteiger charge is 2.53. The number of H-pyrrole nitrogens is 2. The molecule has 1 amide bonds. The third-order valence-corrected chi connectivity index (χ3v) is 8.08. The quantitative estimate of drug-likeness (QED) is 0.658. The summed E-state index contributed by atoms with van der Waals surface area (Å²) < 4.78 is 0. The number of pyridine rings is 1. The Morgan fingerprint density at radius 3 is 2.94 bits per heavy atom. The summed E-state index contributed by atoms with van der Waals surface area (Å²) in [5.74, 6) is 1.62. The molecule has 0 unspecified atom stereocenters. The van der Waals surface area contributed by atoms with Gasteiger partial charge in [0.1, 0.15) is 5.69 Å². The number of hydrogen-bond donors (Lipinski definition) is 2. The fraction of sp³-hybridized carbons (Fsp3) is 0.583. The summed E-state index contributed by atoms with van der Waals surface area (Å²) in [5.41, 5.74) is 6.18. The van der Waals surface area contributed by atoms with Crippen molar-refractivity contribution in [2.45, 2.75) is 58.4 Å². The summed E-state index contributed by atoms with van der Waals surface area (Å²) in [4.78, 5) is 29.8. The number of aromatic nitrogens is 5. The van der Waals surface area contributed by atoms with Crippen molar-refractivity contribution >= 4 is 22.8 Å². The molecule has 0 radical (unpaired) electrons. The summed E-state index contributed by atoms with van der Waals surface area (Å²) in [6, 6.07) is 1.84. The highest BCUT2D eigenvalue weighted by molar-refractivity contribution is 5.97. The van der Waals surface area contributed by atoms with E-state index in [1.807, 2.05) is 20.0 Å². The summed E-state index contributed by atoms with van der Waals surface area (Å²) in [5, 5.41) is 7.85. The van der Waals surface area contributed by atoms with Crippen LogP contribution >= 0.6 is 0 Å². The fourth-order valence-electron chi connectivity index (χ4n) is 5.71. The van der Waals surface area contributed by atoms with Gasteiger partial charge >= 0.3 is 0 Å². The summed E-state index contributed by atoms with van der Waals surface area (Å²) in [6.45, 7) is 6.37. The number of likely N-dealkylation sites (tertiary alicyclic amines) is 1. The van der Waals surface area contributed by atoms with Crippen LogP contribution in [0.3, 0.4) is 0 Å². The van der Waals surface area contributed by atoms with E-state index < -0.39 is 0 Å². The molecule has 8 nitrogen and oxygen atoms in total. The Morgan fingerprint density at radius 2 is 2.12 bits per heavy atom. The second kappa shape index (κ2) is 7.13. The number of amides is 1. The van der Waals surface area contributed by atoms with Crippen LogP contribution in [0.4, 0.5) is 5.69 Å². The topological polar surface area (TPSA) is 93.8 Å². The third kappa shape index (κ3) is 3.15. The Hall–Kier alpha value is -2.74. The van der Waals surface area contributed by atoms with Crippen LogP contribution in [0.5, 0.6) is 0 Å². The van der Waals surface area contributed by atoms with Crippen molar-refractivity contribution in [1.29, 1.82) is 0 Å². The van der Waals surface area contributed by atoms with E-state index in [2.05, 4.69) is 32.0 Å². The van der Waals surface area contributed by atoms with Crippen LogP contribution in [0, 0.1) is 11.3 Å². The van der Waals surface area contributed by atoms with E-state index in [0.717, 1.165) is 54.6 Å². The van der Waals surface area contributed by atoms with Gasteiger partial charge in [-0.2, -0.15) is 5.10 Å². The van der Waals surface area contributed by atoms with Crippen LogP contribution in [0.15, 0.2) is 12.3 Å². The monoisotopic (exact) mass is 433 g/mol. The molecule has 6 rings (SSSR count). The normalized spacial score (nSPS) is 25.9. The van der Waals surface area contributed by atoms with E-state index in [-0.39, 0.29) is 11.9 Å². The van der Waals surface area contributed by atoms with E-state index in [4.69, 9.17) is 4.98 Å². The number of imidazole rings is 1. The average molecular weight is 434 g/mol. The number of nitrogens with one attached hydrogen (secondary N) is 2. The number of hydrogen-bond acceptors (Lipinski definition) is 5. The van der Waals surface area contributed by atoms with Crippen molar-refractivity contribution in [3.63, 3.8) is 0 Å². The first-order valence-corrected chi connectivity index (χ1v) is 11.9. The molecule has 4 heterocycles. The number of piperidine rings is 1. The van der Waals surface area contributed by atoms with Gasteiger partial charge in [-0.25, -0.2) is 9.97 Å². The van der Waals surface area contributed by atoms with Gasteiger partial charge in [0, 0.05) is 18.3 Å². The number of carbonyl (C=O) groups is 1. The largest absolute Gasteiger partial charge is 0.335 e. The summed E-state index contributed by atoms with van der Waals surface area (Å²) in [6.07, 6.45) is 8.78. The smallest absolute Gasteiger partial charge is 0.243 e. The maximum absolute atomic E-state index is 13.1. The van der Waals surface area contributed by atoms with E-state index in [1.165, 1.54) is 36.9 Å². The molecule has 168 valence electrons.